The number of nitriles is 1. The molecule has 1 aromatic carbocycles. The first-order chi connectivity index (χ1) is 10.3. The van der Waals surface area contributed by atoms with Crippen molar-refractivity contribution in [3.05, 3.63) is 65.5 Å². The van der Waals surface area contributed by atoms with Crippen molar-refractivity contribution in [3.63, 3.8) is 0 Å². The van der Waals surface area contributed by atoms with Crippen LogP contribution >= 0.6 is 24.0 Å². The summed E-state index contributed by atoms with van der Waals surface area (Å²) in [4.78, 5) is 8.50. The first-order valence-electron chi connectivity index (χ1n) is 6.70. The maximum Gasteiger partial charge on any atom is 0.188 e. The van der Waals surface area contributed by atoms with Crippen molar-refractivity contribution in [2.45, 2.75) is 13.0 Å². The van der Waals surface area contributed by atoms with E-state index in [0.29, 0.717) is 24.6 Å². The smallest absolute Gasteiger partial charge is 0.188 e. The highest BCUT2D eigenvalue weighted by Gasteiger charge is 1.96. The molecule has 0 aliphatic carbocycles. The lowest BCUT2D eigenvalue weighted by Gasteiger charge is -2.05. The van der Waals surface area contributed by atoms with Crippen LogP contribution in [0.5, 0.6) is 0 Å². The van der Waals surface area contributed by atoms with Gasteiger partial charge in [0.05, 0.1) is 18.2 Å². The van der Waals surface area contributed by atoms with Gasteiger partial charge in [-0.2, -0.15) is 5.26 Å². The second-order valence-electron chi connectivity index (χ2n) is 4.51. The van der Waals surface area contributed by atoms with Gasteiger partial charge in [0.1, 0.15) is 0 Å². The number of aliphatic imine (C=N–C) groups is 1. The average molecular weight is 407 g/mol. The Morgan fingerprint density at radius 2 is 2.00 bits per heavy atom. The predicted molar refractivity (Wildman–Crippen MR) is 97.8 cm³/mol. The van der Waals surface area contributed by atoms with E-state index in [-0.39, 0.29) is 24.0 Å². The van der Waals surface area contributed by atoms with Crippen molar-refractivity contribution < 1.29 is 0 Å². The molecular formula is C16H18IN5. The zero-order valence-corrected chi connectivity index (χ0v) is 14.4. The number of pyridine rings is 1. The van der Waals surface area contributed by atoms with Gasteiger partial charge in [0, 0.05) is 24.9 Å². The van der Waals surface area contributed by atoms with Gasteiger partial charge in [-0.1, -0.05) is 18.2 Å². The summed E-state index contributed by atoms with van der Waals surface area (Å²) in [6.07, 6.45) is 2.58. The summed E-state index contributed by atoms with van der Waals surface area (Å²) in [6, 6.07) is 15.2. The molecule has 2 aromatic rings. The van der Waals surface area contributed by atoms with E-state index in [2.05, 4.69) is 21.4 Å². The minimum Gasteiger partial charge on any atom is -0.370 e. The van der Waals surface area contributed by atoms with Crippen LogP contribution in [0.1, 0.15) is 16.8 Å². The van der Waals surface area contributed by atoms with E-state index >= 15 is 0 Å². The lowest BCUT2D eigenvalue weighted by atomic mass is 10.1. The third-order valence-electron chi connectivity index (χ3n) is 2.93. The lowest BCUT2D eigenvalue weighted by molar-refractivity contribution is 0.827. The summed E-state index contributed by atoms with van der Waals surface area (Å²) >= 11 is 0. The van der Waals surface area contributed by atoms with Gasteiger partial charge in [0.25, 0.3) is 0 Å². The minimum atomic E-state index is 0. The highest BCUT2D eigenvalue weighted by molar-refractivity contribution is 14.0. The maximum atomic E-state index is 8.73. The molecule has 114 valence electrons. The summed E-state index contributed by atoms with van der Waals surface area (Å²) in [6.45, 7) is 1.19. The molecule has 1 heterocycles. The number of hydrogen-bond acceptors (Lipinski definition) is 3. The first kappa shape index (κ1) is 17.9. The molecule has 0 saturated carbocycles. The van der Waals surface area contributed by atoms with Gasteiger partial charge in [-0.25, -0.2) is 4.99 Å². The molecule has 0 bridgehead atoms. The summed E-state index contributed by atoms with van der Waals surface area (Å²) in [5.41, 5.74) is 8.49. The van der Waals surface area contributed by atoms with Crippen molar-refractivity contribution >= 4 is 29.9 Å². The fourth-order valence-electron chi connectivity index (χ4n) is 1.78. The van der Waals surface area contributed by atoms with Crippen LogP contribution in [0.3, 0.4) is 0 Å². The molecule has 0 radical (unpaired) electrons. The van der Waals surface area contributed by atoms with Crippen LogP contribution in [-0.4, -0.2) is 17.5 Å². The molecule has 22 heavy (non-hydrogen) atoms. The molecule has 0 saturated heterocycles. The van der Waals surface area contributed by atoms with Gasteiger partial charge in [0.2, 0.25) is 0 Å². The number of guanidine groups is 1. The van der Waals surface area contributed by atoms with Gasteiger partial charge < -0.3 is 11.1 Å². The topological polar surface area (TPSA) is 87.1 Å². The summed E-state index contributed by atoms with van der Waals surface area (Å²) < 4.78 is 0. The Morgan fingerprint density at radius 1 is 1.23 bits per heavy atom. The Balaban J connectivity index is 0.00000242. The first-order valence-corrected chi connectivity index (χ1v) is 6.70. The van der Waals surface area contributed by atoms with Crippen LogP contribution in [0, 0.1) is 11.3 Å². The van der Waals surface area contributed by atoms with E-state index < -0.39 is 0 Å². The third kappa shape index (κ3) is 6.10. The highest BCUT2D eigenvalue weighted by Crippen LogP contribution is 2.04. The fourth-order valence-corrected chi connectivity index (χ4v) is 1.78. The maximum absolute atomic E-state index is 8.73. The van der Waals surface area contributed by atoms with E-state index in [0.717, 1.165) is 17.7 Å². The van der Waals surface area contributed by atoms with Crippen molar-refractivity contribution in [1.29, 1.82) is 5.26 Å². The van der Waals surface area contributed by atoms with Crippen LogP contribution in [0.4, 0.5) is 0 Å². The zero-order chi connectivity index (χ0) is 14.9. The normalized spacial score (nSPS) is 10.4. The molecule has 0 fully saturated rings. The van der Waals surface area contributed by atoms with Gasteiger partial charge in [0.15, 0.2) is 5.96 Å². The molecule has 0 atom stereocenters. The second kappa shape index (κ2) is 9.73. The molecule has 0 unspecified atom stereocenters. The number of nitrogens with zero attached hydrogens (tertiary/aromatic N) is 3. The molecule has 1 aromatic heterocycles. The quantitative estimate of drug-likeness (QED) is 0.452. The van der Waals surface area contributed by atoms with E-state index in [1.165, 1.54) is 0 Å². The number of nitrogens with one attached hydrogen (secondary N) is 1. The number of hydrogen-bond donors (Lipinski definition) is 2. The van der Waals surface area contributed by atoms with Crippen molar-refractivity contribution in [2.75, 3.05) is 6.54 Å². The Bertz CT molecular complexity index is 632. The number of benzene rings is 1. The largest absolute Gasteiger partial charge is 0.370 e. The number of rotatable bonds is 5. The predicted octanol–water partition coefficient (Wildman–Crippen LogP) is 2.22. The second-order valence-corrected chi connectivity index (χ2v) is 4.51. The van der Waals surface area contributed by atoms with Crippen LogP contribution in [0.15, 0.2) is 53.7 Å². The molecular weight excluding hydrogens is 389 g/mol. The van der Waals surface area contributed by atoms with Crippen LogP contribution in [0.25, 0.3) is 0 Å². The van der Waals surface area contributed by atoms with Crippen molar-refractivity contribution in [1.82, 2.24) is 10.3 Å². The van der Waals surface area contributed by atoms with Crippen molar-refractivity contribution in [2.24, 2.45) is 10.7 Å². The Morgan fingerprint density at radius 3 is 2.64 bits per heavy atom. The number of nitrogens with two attached hydrogens (primary N) is 1. The van der Waals surface area contributed by atoms with Gasteiger partial charge in [-0.05, 0) is 29.8 Å². The standard InChI is InChI=1S/C16H17N5.HI/c17-11-13-4-6-14(7-5-13)12-21-16(18)20-10-8-15-3-1-2-9-19-15;/h1-7,9H,8,10,12H2,(H3,18,20,21);1H. The van der Waals surface area contributed by atoms with Crippen LogP contribution < -0.4 is 11.1 Å². The summed E-state index contributed by atoms with van der Waals surface area (Å²) in [7, 11) is 0. The third-order valence-corrected chi connectivity index (χ3v) is 2.93. The molecule has 0 amide bonds. The molecule has 0 aliphatic heterocycles. The molecule has 0 aliphatic rings. The molecule has 3 N–H and O–H groups in total. The van der Waals surface area contributed by atoms with Gasteiger partial charge in [-0.15, -0.1) is 24.0 Å². The monoisotopic (exact) mass is 407 g/mol. The summed E-state index contributed by atoms with van der Waals surface area (Å²) in [5.74, 6) is 0.412. The number of aromatic nitrogens is 1. The summed E-state index contributed by atoms with van der Waals surface area (Å²) in [5, 5.41) is 11.8. The zero-order valence-electron chi connectivity index (χ0n) is 12.1. The SMILES string of the molecule is I.N#Cc1ccc(CN=C(N)NCCc2ccccn2)cc1. The van der Waals surface area contributed by atoms with Gasteiger partial charge >= 0.3 is 0 Å². The van der Waals surface area contributed by atoms with E-state index in [1.54, 1.807) is 18.3 Å². The molecule has 0 spiro atoms. The average Bonchev–Trinajstić information content (AvgIpc) is 2.54. The van der Waals surface area contributed by atoms with E-state index in [4.69, 9.17) is 11.0 Å². The lowest BCUT2D eigenvalue weighted by Crippen LogP contribution is -2.33. The van der Waals surface area contributed by atoms with Gasteiger partial charge in [-0.3, -0.25) is 4.98 Å². The molecule has 5 nitrogen and oxygen atoms in total. The minimum absolute atomic E-state index is 0. The molecule has 6 heteroatoms. The highest BCUT2D eigenvalue weighted by atomic mass is 127. The Kier molecular flexibility index (Phi) is 7.92. The Hall–Kier alpha value is -2.14. The molecule has 2 rings (SSSR count). The van der Waals surface area contributed by atoms with E-state index in [9.17, 15) is 0 Å². The number of halogens is 1. The fraction of sp³-hybridized carbons (Fsp3) is 0.188. The van der Waals surface area contributed by atoms with Crippen LogP contribution in [-0.2, 0) is 13.0 Å². The van der Waals surface area contributed by atoms with Crippen LogP contribution in [0.2, 0.25) is 0 Å². The van der Waals surface area contributed by atoms with Crippen molar-refractivity contribution in [3.8, 4) is 6.07 Å². The Labute approximate surface area is 147 Å². The van der Waals surface area contributed by atoms with E-state index in [1.807, 2.05) is 30.3 Å².